The van der Waals surface area contributed by atoms with E-state index < -0.39 is 4.92 Å². The van der Waals surface area contributed by atoms with Gasteiger partial charge in [-0.3, -0.25) is 24.6 Å². The van der Waals surface area contributed by atoms with E-state index in [-0.39, 0.29) is 17.5 Å². The molecule has 2 aliphatic heterocycles. The Bertz CT molecular complexity index is 722. The average molecular weight is 374 g/mol. The number of hydrogen-bond acceptors (Lipinski definition) is 5. The predicted octanol–water partition coefficient (Wildman–Crippen LogP) is 1.67. The highest BCUT2D eigenvalue weighted by Gasteiger charge is 2.26. The Morgan fingerprint density at radius 1 is 1.00 bits per heavy atom. The molecule has 0 aromatic heterocycles. The molecule has 0 bridgehead atoms. The summed E-state index contributed by atoms with van der Waals surface area (Å²) in [5.41, 5.74) is 0.972. The third-order valence-electron chi connectivity index (χ3n) is 5.37. The van der Waals surface area contributed by atoms with Crippen molar-refractivity contribution in [2.45, 2.75) is 26.2 Å². The van der Waals surface area contributed by atoms with Gasteiger partial charge in [0.2, 0.25) is 5.91 Å². The van der Waals surface area contributed by atoms with Crippen molar-refractivity contribution in [1.29, 1.82) is 0 Å². The van der Waals surface area contributed by atoms with Gasteiger partial charge in [-0.25, -0.2) is 0 Å². The molecule has 0 unspecified atom stereocenters. The largest absolute Gasteiger partial charge is 0.342 e. The third kappa shape index (κ3) is 4.63. The minimum Gasteiger partial charge on any atom is -0.342 e. The molecule has 0 aliphatic carbocycles. The van der Waals surface area contributed by atoms with Crippen LogP contribution in [0.4, 0.5) is 5.69 Å². The van der Waals surface area contributed by atoms with Gasteiger partial charge in [-0.15, -0.1) is 0 Å². The number of nitro benzene ring substituents is 1. The molecule has 0 saturated carbocycles. The number of nitrogens with zero attached hydrogens (tertiary/aromatic N) is 4. The number of likely N-dealkylation sites (tertiary alicyclic amines) is 1. The van der Waals surface area contributed by atoms with Crippen LogP contribution in [0.2, 0.25) is 0 Å². The summed E-state index contributed by atoms with van der Waals surface area (Å²) in [7, 11) is 0. The van der Waals surface area contributed by atoms with Gasteiger partial charge >= 0.3 is 0 Å². The van der Waals surface area contributed by atoms with Gasteiger partial charge in [0.15, 0.2) is 0 Å². The summed E-state index contributed by atoms with van der Waals surface area (Å²) >= 11 is 0. The molecule has 0 N–H and O–H groups in total. The highest BCUT2D eigenvalue weighted by atomic mass is 16.6. The van der Waals surface area contributed by atoms with Crippen LogP contribution < -0.4 is 0 Å². The van der Waals surface area contributed by atoms with Gasteiger partial charge in [0.05, 0.1) is 11.5 Å². The number of carbonyl (C=O) groups excluding carboxylic acids is 2. The molecule has 2 amide bonds. The van der Waals surface area contributed by atoms with Crippen molar-refractivity contribution < 1.29 is 14.5 Å². The van der Waals surface area contributed by atoms with Crippen molar-refractivity contribution in [3.8, 4) is 0 Å². The lowest BCUT2D eigenvalue weighted by molar-refractivity contribution is -0.385. The van der Waals surface area contributed by atoms with E-state index in [1.807, 2.05) is 4.90 Å². The number of piperazine rings is 1. The molecule has 0 spiro atoms. The maximum atomic E-state index is 12.7. The van der Waals surface area contributed by atoms with Crippen molar-refractivity contribution in [2.75, 3.05) is 45.8 Å². The summed E-state index contributed by atoms with van der Waals surface area (Å²) in [5, 5.41) is 10.9. The van der Waals surface area contributed by atoms with E-state index >= 15 is 0 Å². The zero-order valence-electron chi connectivity index (χ0n) is 15.7. The lowest BCUT2D eigenvalue weighted by atomic mass is 10.1. The molecule has 3 rings (SSSR count). The Morgan fingerprint density at radius 3 is 2.26 bits per heavy atom. The zero-order chi connectivity index (χ0) is 19.4. The molecule has 0 radical (unpaired) electrons. The lowest BCUT2D eigenvalue weighted by Crippen LogP contribution is -2.52. The SMILES string of the molecule is Cc1cc(C(=O)N2CCN(CC(=O)N3CCCCC3)CC2)ccc1[N+](=O)[O-]. The third-order valence-corrected chi connectivity index (χ3v) is 5.37. The fourth-order valence-corrected chi connectivity index (χ4v) is 3.72. The number of piperidine rings is 1. The molecule has 8 heteroatoms. The van der Waals surface area contributed by atoms with E-state index in [9.17, 15) is 19.7 Å². The number of amides is 2. The first kappa shape index (κ1) is 19.3. The van der Waals surface area contributed by atoms with E-state index in [0.29, 0.717) is 43.9 Å². The van der Waals surface area contributed by atoms with Crippen molar-refractivity contribution in [3.05, 3.63) is 39.4 Å². The first-order valence-electron chi connectivity index (χ1n) is 9.50. The molecule has 2 aliphatic rings. The Kier molecular flexibility index (Phi) is 6.05. The van der Waals surface area contributed by atoms with Crippen LogP contribution in [0, 0.1) is 17.0 Å². The normalized spacial score (nSPS) is 18.4. The second-order valence-electron chi connectivity index (χ2n) is 7.27. The minimum absolute atomic E-state index is 0.0209. The maximum absolute atomic E-state index is 12.7. The maximum Gasteiger partial charge on any atom is 0.272 e. The monoisotopic (exact) mass is 374 g/mol. The van der Waals surface area contributed by atoms with Crippen LogP contribution in [-0.4, -0.2) is 77.3 Å². The van der Waals surface area contributed by atoms with Crippen LogP contribution in [0.15, 0.2) is 18.2 Å². The fourth-order valence-electron chi connectivity index (χ4n) is 3.72. The topological polar surface area (TPSA) is 87.0 Å². The summed E-state index contributed by atoms with van der Waals surface area (Å²) in [6.45, 7) is 6.21. The number of nitro groups is 1. The van der Waals surface area contributed by atoms with Crippen LogP contribution >= 0.6 is 0 Å². The van der Waals surface area contributed by atoms with Gasteiger partial charge in [-0.2, -0.15) is 0 Å². The van der Waals surface area contributed by atoms with Crippen LogP contribution in [0.3, 0.4) is 0 Å². The first-order valence-corrected chi connectivity index (χ1v) is 9.50. The van der Waals surface area contributed by atoms with E-state index in [1.54, 1.807) is 17.9 Å². The van der Waals surface area contributed by atoms with Crippen molar-refractivity contribution in [3.63, 3.8) is 0 Å². The van der Waals surface area contributed by atoms with Gasteiger partial charge in [0.25, 0.3) is 11.6 Å². The average Bonchev–Trinajstić information content (AvgIpc) is 2.68. The van der Waals surface area contributed by atoms with Crippen LogP contribution in [0.5, 0.6) is 0 Å². The van der Waals surface area contributed by atoms with Crippen LogP contribution in [-0.2, 0) is 4.79 Å². The molecule has 2 fully saturated rings. The molecule has 8 nitrogen and oxygen atoms in total. The van der Waals surface area contributed by atoms with Gasteiger partial charge in [0.1, 0.15) is 0 Å². The first-order chi connectivity index (χ1) is 13.0. The number of rotatable bonds is 4. The second-order valence-corrected chi connectivity index (χ2v) is 7.27. The predicted molar refractivity (Wildman–Crippen MR) is 101 cm³/mol. The smallest absolute Gasteiger partial charge is 0.272 e. The van der Waals surface area contributed by atoms with E-state index in [2.05, 4.69) is 4.90 Å². The van der Waals surface area contributed by atoms with Gasteiger partial charge in [-0.05, 0) is 38.3 Å². The number of carbonyl (C=O) groups is 2. The lowest BCUT2D eigenvalue weighted by Gasteiger charge is -2.36. The Morgan fingerprint density at radius 2 is 1.67 bits per heavy atom. The molecule has 146 valence electrons. The molecule has 1 aromatic rings. The Labute approximate surface area is 158 Å². The molecule has 27 heavy (non-hydrogen) atoms. The van der Waals surface area contributed by atoms with Gasteiger partial charge < -0.3 is 9.80 Å². The molecule has 1 aromatic carbocycles. The number of benzene rings is 1. The van der Waals surface area contributed by atoms with E-state index in [0.717, 1.165) is 25.9 Å². The fraction of sp³-hybridized carbons (Fsp3) is 0.579. The molecular weight excluding hydrogens is 348 g/mol. The summed E-state index contributed by atoms with van der Waals surface area (Å²) in [4.78, 5) is 41.3. The molecule has 2 saturated heterocycles. The summed E-state index contributed by atoms with van der Waals surface area (Å²) < 4.78 is 0. The molecule has 2 heterocycles. The van der Waals surface area contributed by atoms with Crippen LogP contribution in [0.1, 0.15) is 35.2 Å². The summed E-state index contributed by atoms with van der Waals surface area (Å²) in [6.07, 6.45) is 3.37. The number of hydrogen-bond donors (Lipinski definition) is 0. The highest BCUT2D eigenvalue weighted by Crippen LogP contribution is 2.20. The van der Waals surface area contributed by atoms with E-state index in [4.69, 9.17) is 0 Å². The quantitative estimate of drug-likeness (QED) is 0.591. The van der Waals surface area contributed by atoms with Crippen molar-refractivity contribution in [2.24, 2.45) is 0 Å². The second kappa shape index (κ2) is 8.47. The van der Waals surface area contributed by atoms with E-state index in [1.165, 1.54) is 18.6 Å². The summed E-state index contributed by atoms with van der Waals surface area (Å²) in [6, 6.07) is 4.47. The number of aryl methyl sites for hydroxylation is 1. The van der Waals surface area contributed by atoms with Crippen molar-refractivity contribution >= 4 is 17.5 Å². The highest BCUT2D eigenvalue weighted by molar-refractivity contribution is 5.94. The van der Waals surface area contributed by atoms with Crippen LogP contribution in [0.25, 0.3) is 0 Å². The summed E-state index contributed by atoms with van der Waals surface area (Å²) in [5.74, 6) is 0.0653. The standard InChI is InChI=1S/C19H26N4O4/c1-15-13-16(5-6-17(15)23(26)27)19(25)22-11-9-20(10-12-22)14-18(24)21-7-3-2-4-8-21/h5-6,13H,2-4,7-12,14H2,1H3. The Balaban J connectivity index is 1.52. The molecule has 0 atom stereocenters. The molecular formula is C19H26N4O4. The van der Waals surface area contributed by atoms with Gasteiger partial charge in [0, 0.05) is 56.5 Å². The van der Waals surface area contributed by atoms with Gasteiger partial charge in [-0.1, -0.05) is 0 Å². The Hall–Kier alpha value is -2.48. The van der Waals surface area contributed by atoms with Crippen molar-refractivity contribution in [1.82, 2.24) is 14.7 Å². The minimum atomic E-state index is -0.443. The zero-order valence-corrected chi connectivity index (χ0v) is 15.7.